The molecule has 0 saturated carbocycles. The Labute approximate surface area is 187 Å². The van der Waals surface area contributed by atoms with Crippen LogP contribution in [0.4, 0.5) is 0 Å². The lowest BCUT2D eigenvalue weighted by atomic mass is 9.86. The first-order chi connectivity index (χ1) is 14.9. The van der Waals surface area contributed by atoms with E-state index < -0.39 is 0 Å². The van der Waals surface area contributed by atoms with Gasteiger partial charge in [-0.2, -0.15) is 0 Å². The van der Waals surface area contributed by atoms with Crippen LogP contribution < -0.4 is 0 Å². The monoisotopic (exact) mass is 404 g/mol. The van der Waals surface area contributed by atoms with Crippen LogP contribution in [-0.2, 0) is 0 Å². The summed E-state index contributed by atoms with van der Waals surface area (Å²) in [7, 11) is 0. The van der Waals surface area contributed by atoms with Gasteiger partial charge in [0.05, 0.1) is 0 Å². The highest BCUT2D eigenvalue weighted by Gasteiger charge is 2.13. The maximum Gasteiger partial charge on any atom is -0.0178 e. The van der Waals surface area contributed by atoms with E-state index in [1.54, 1.807) is 0 Å². The Hall–Kier alpha value is -3.12. The molecule has 0 amide bonds. The zero-order chi connectivity index (χ0) is 22.0. The summed E-state index contributed by atoms with van der Waals surface area (Å²) in [6.07, 6.45) is 0. The normalized spacial score (nSPS) is 11.3. The molecule has 0 saturated heterocycles. The molecule has 0 bridgehead atoms. The Morgan fingerprint density at radius 1 is 0.419 bits per heavy atom. The first kappa shape index (κ1) is 21.1. The third-order valence-electron chi connectivity index (χ3n) is 6.28. The van der Waals surface area contributed by atoms with Crippen molar-refractivity contribution in [2.75, 3.05) is 0 Å². The van der Waals surface area contributed by atoms with Crippen LogP contribution in [0.2, 0.25) is 0 Å². The van der Waals surface area contributed by atoms with Gasteiger partial charge in [-0.05, 0) is 68.8 Å². The van der Waals surface area contributed by atoms with Crippen LogP contribution in [0.25, 0.3) is 33.4 Å². The summed E-state index contributed by atoms with van der Waals surface area (Å²) in [5.41, 5.74) is 12.0. The summed E-state index contributed by atoms with van der Waals surface area (Å²) in [6.45, 7) is 11.4. The van der Waals surface area contributed by atoms with Gasteiger partial charge in [-0.1, -0.05) is 119 Å². The molecule has 0 aromatic heterocycles. The van der Waals surface area contributed by atoms with Crippen LogP contribution in [0.3, 0.4) is 0 Å². The standard InChI is InChI=1S/C31H32/c1-21(2)30-19-29(20-31(22(3)4)23(30)5)28-17-15-27(16-18-28)26-13-11-25(12-14-26)24-9-7-6-8-10-24/h6-22H,1-5H3. The minimum absolute atomic E-state index is 0.528. The molecule has 0 aliphatic heterocycles. The number of hydrogen-bond acceptors (Lipinski definition) is 0. The van der Waals surface area contributed by atoms with Gasteiger partial charge in [0.15, 0.2) is 0 Å². The fourth-order valence-electron chi connectivity index (χ4n) is 4.47. The van der Waals surface area contributed by atoms with Crippen molar-refractivity contribution in [3.05, 3.63) is 108 Å². The van der Waals surface area contributed by atoms with Crippen molar-refractivity contribution in [1.82, 2.24) is 0 Å². The van der Waals surface area contributed by atoms with Gasteiger partial charge in [0, 0.05) is 0 Å². The van der Waals surface area contributed by atoms with Crippen LogP contribution in [0.15, 0.2) is 91.0 Å². The zero-order valence-electron chi connectivity index (χ0n) is 19.3. The van der Waals surface area contributed by atoms with E-state index in [1.165, 1.54) is 50.1 Å². The lowest BCUT2D eigenvalue weighted by Gasteiger charge is -2.19. The summed E-state index contributed by atoms with van der Waals surface area (Å²) >= 11 is 0. The zero-order valence-corrected chi connectivity index (χ0v) is 19.3. The van der Waals surface area contributed by atoms with Gasteiger partial charge in [-0.3, -0.25) is 0 Å². The molecule has 0 heteroatoms. The quantitative estimate of drug-likeness (QED) is 0.311. The van der Waals surface area contributed by atoms with Gasteiger partial charge in [0.25, 0.3) is 0 Å². The van der Waals surface area contributed by atoms with Crippen molar-refractivity contribution < 1.29 is 0 Å². The van der Waals surface area contributed by atoms with E-state index in [2.05, 4.69) is 126 Å². The molecule has 0 aliphatic rings. The van der Waals surface area contributed by atoms with E-state index in [1.807, 2.05) is 0 Å². The number of benzene rings is 4. The summed E-state index contributed by atoms with van der Waals surface area (Å²) in [6, 6.07) is 33.2. The van der Waals surface area contributed by atoms with E-state index in [4.69, 9.17) is 0 Å². The van der Waals surface area contributed by atoms with Crippen molar-refractivity contribution in [1.29, 1.82) is 0 Å². The molecular formula is C31H32. The van der Waals surface area contributed by atoms with Crippen molar-refractivity contribution in [2.24, 2.45) is 0 Å². The first-order valence-electron chi connectivity index (χ1n) is 11.3. The Morgan fingerprint density at radius 3 is 1.10 bits per heavy atom. The minimum Gasteiger partial charge on any atom is -0.0622 e. The molecule has 0 radical (unpaired) electrons. The summed E-state index contributed by atoms with van der Waals surface area (Å²) < 4.78 is 0. The maximum atomic E-state index is 2.38. The lowest BCUT2D eigenvalue weighted by Crippen LogP contribution is -2.00. The van der Waals surface area contributed by atoms with Gasteiger partial charge in [0.1, 0.15) is 0 Å². The molecule has 0 unspecified atom stereocenters. The van der Waals surface area contributed by atoms with Crippen LogP contribution in [0, 0.1) is 6.92 Å². The van der Waals surface area contributed by atoms with E-state index in [0.29, 0.717) is 11.8 Å². The highest BCUT2D eigenvalue weighted by atomic mass is 14.2. The fourth-order valence-corrected chi connectivity index (χ4v) is 4.47. The van der Waals surface area contributed by atoms with Crippen molar-refractivity contribution in [3.63, 3.8) is 0 Å². The largest absolute Gasteiger partial charge is 0.0622 e. The van der Waals surface area contributed by atoms with Gasteiger partial charge in [-0.25, -0.2) is 0 Å². The van der Waals surface area contributed by atoms with Gasteiger partial charge in [0.2, 0.25) is 0 Å². The highest BCUT2D eigenvalue weighted by molar-refractivity contribution is 5.74. The van der Waals surface area contributed by atoms with Crippen LogP contribution in [0.5, 0.6) is 0 Å². The Kier molecular flexibility index (Phi) is 6.09. The molecule has 156 valence electrons. The van der Waals surface area contributed by atoms with E-state index in [0.717, 1.165) is 0 Å². The molecule has 31 heavy (non-hydrogen) atoms. The topological polar surface area (TPSA) is 0 Å². The molecule has 0 heterocycles. The molecule has 0 atom stereocenters. The lowest BCUT2D eigenvalue weighted by molar-refractivity contribution is 0.818. The maximum absolute atomic E-state index is 2.38. The average molecular weight is 405 g/mol. The Morgan fingerprint density at radius 2 is 0.742 bits per heavy atom. The summed E-state index contributed by atoms with van der Waals surface area (Å²) in [5, 5.41) is 0. The summed E-state index contributed by atoms with van der Waals surface area (Å²) in [5.74, 6) is 1.06. The molecule has 0 spiro atoms. The molecule has 4 aromatic carbocycles. The van der Waals surface area contributed by atoms with Crippen molar-refractivity contribution in [3.8, 4) is 33.4 Å². The number of hydrogen-bond donors (Lipinski definition) is 0. The second kappa shape index (κ2) is 8.94. The smallest absolute Gasteiger partial charge is 0.0178 e. The van der Waals surface area contributed by atoms with E-state index in [9.17, 15) is 0 Å². The predicted molar refractivity (Wildman–Crippen MR) is 136 cm³/mol. The molecule has 0 fully saturated rings. The number of rotatable bonds is 5. The first-order valence-corrected chi connectivity index (χ1v) is 11.3. The third-order valence-corrected chi connectivity index (χ3v) is 6.28. The highest BCUT2D eigenvalue weighted by Crippen LogP contribution is 2.34. The molecule has 4 rings (SSSR count). The van der Waals surface area contributed by atoms with Crippen molar-refractivity contribution >= 4 is 0 Å². The summed E-state index contributed by atoms with van der Waals surface area (Å²) in [4.78, 5) is 0. The third kappa shape index (κ3) is 4.49. The Bertz CT molecular complexity index is 1120. The minimum atomic E-state index is 0.528. The van der Waals surface area contributed by atoms with Crippen LogP contribution in [0.1, 0.15) is 56.2 Å². The average Bonchev–Trinajstić information content (AvgIpc) is 2.80. The van der Waals surface area contributed by atoms with Gasteiger partial charge < -0.3 is 0 Å². The second-order valence-electron chi connectivity index (χ2n) is 9.11. The van der Waals surface area contributed by atoms with E-state index >= 15 is 0 Å². The molecule has 0 nitrogen and oxygen atoms in total. The molecular weight excluding hydrogens is 372 g/mol. The fraction of sp³-hybridized carbons (Fsp3) is 0.226. The second-order valence-corrected chi connectivity index (χ2v) is 9.11. The Balaban J connectivity index is 1.64. The molecule has 4 aromatic rings. The van der Waals surface area contributed by atoms with Crippen LogP contribution in [-0.4, -0.2) is 0 Å². The SMILES string of the molecule is Cc1c(C(C)C)cc(-c2ccc(-c3ccc(-c4ccccc4)cc3)cc2)cc1C(C)C. The van der Waals surface area contributed by atoms with Crippen molar-refractivity contribution in [2.45, 2.75) is 46.5 Å². The molecule has 0 aliphatic carbocycles. The van der Waals surface area contributed by atoms with Gasteiger partial charge >= 0.3 is 0 Å². The predicted octanol–water partition coefficient (Wildman–Crippen LogP) is 9.24. The van der Waals surface area contributed by atoms with Crippen LogP contribution >= 0.6 is 0 Å². The van der Waals surface area contributed by atoms with E-state index in [-0.39, 0.29) is 0 Å². The van der Waals surface area contributed by atoms with Gasteiger partial charge in [-0.15, -0.1) is 0 Å². The molecule has 0 N–H and O–H groups in total.